The van der Waals surface area contributed by atoms with Gasteiger partial charge in [0.25, 0.3) is 0 Å². The van der Waals surface area contributed by atoms with Gasteiger partial charge in [-0.05, 0) is 59.7 Å². The van der Waals surface area contributed by atoms with Crippen molar-refractivity contribution in [2.75, 3.05) is 12.0 Å². The molecule has 0 saturated heterocycles. The average molecular weight is 343 g/mol. The third kappa shape index (κ3) is 3.36. The maximum Gasteiger partial charge on any atom is 0.214 e. The minimum absolute atomic E-state index is 0.558. The van der Waals surface area contributed by atoms with Gasteiger partial charge in [0.05, 0.1) is 17.6 Å². The maximum absolute atomic E-state index is 5.48. The van der Waals surface area contributed by atoms with Gasteiger partial charge in [0, 0.05) is 0 Å². The van der Waals surface area contributed by atoms with Crippen LogP contribution >= 0.6 is 28.1 Å². The number of nitrogens with zero attached hydrogens (tertiary/aromatic N) is 2. The van der Waals surface area contributed by atoms with Crippen molar-refractivity contribution in [3.63, 3.8) is 0 Å². The quantitative estimate of drug-likeness (QED) is 0.819. The summed E-state index contributed by atoms with van der Waals surface area (Å²) in [6.45, 7) is 5.15. The third-order valence-electron chi connectivity index (χ3n) is 2.58. The van der Waals surface area contributed by atoms with Crippen LogP contribution in [0.4, 0.5) is 0 Å². The fourth-order valence-corrected chi connectivity index (χ4v) is 2.44. The summed E-state index contributed by atoms with van der Waals surface area (Å²) in [4.78, 5) is 0. The van der Waals surface area contributed by atoms with Crippen LogP contribution in [-0.2, 0) is 6.54 Å². The normalized spacial score (nSPS) is 10.5. The van der Waals surface area contributed by atoms with Crippen molar-refractivity contribution in [3.05, 3.63) is 38.8 Å². The van der Waals surface area contributed by atoms with Crippen LogP contribution in [0.1, 0.15) is 18.3 Å². The molecule has 0 radical (unpaired) electrons. The van der Waals surface area contributed by atoms with Crippen molar-refractivity contribution < 1.29 is 4.74 Å². The fraction of sp³-hybridized carbons (Fsp3) is 0.333. The van der Waals surface area contributed by atoms with E-state index in [4.69, 9.17) is 17.0 Å². The van der Waals surface area contributed by atoms with E-state index in [0.29, 0.717) is 17.9 Å². The number of halogens is 1. The first-order chi connectivity index (χ1) is 9.11. The molecule has 1 aromatic heterocycles. The number of aromatic amines is 1. The Labute approximate surface area is 125 Å². The molecule has 0 unspecified atom stereocenters. The molecule has 2 rings (SSSR count). The Morgan fingerprint density at radius 3 is 2.89 bits per heavy atom. The SMILES string of the molecule is CCOc1ccc(CNn2c(C)n[nH]c2=S)cc1Br. The Bertz CT molecular complexity index is 622. The van der Waals surface area contributed by atoms with E-state index in [2.05, 4.69) is 31.6 Å². The molecule has 2 N–H and O–H groups in total. The molecule has 0 aliphatic heterocycles. The van der Waals surface area contributed by atoms with Gasteiger partial charge in [-0.15, -0.1) is 0 Å². The summed E-state index contributed by atoms with van der Waals surface area (Å²) >= 11 is 8.62. The van der Waals surface area contributed by atoms with Gasteiger partial charge < -0.3 is 10.2 Å². The lowest BCUT2D eigenvalue weighted by atomic mass is 10.2. The lowest BCUT2D eigenvalue weighted by molar-refractivity contribution is 0.338. The van der Waals surface area contributed by atoms with Crippen molar-refractivity contribution in [2.24, 2.45) is 0 Å². The molecule has 0 spiro atoms. The van der Waals surface area contributed by atoms with Crippen molar-refractivity contribution in [1.29, 1.82) is 0 Å². The number of hydrogen-bond donors (Lipinski definition) is 2. The third-order valence-corrected chi connectivity index (χ3v) is 3.47. The van der Waals surface area contributed by atoms with Crippen molar-refractivity contribution in [1.82, 2.24) is 14.9 Å². The molecule has 1 heterocycles. The number of aromatic nitrogens is 3. The molecule has 0 fully saturated rings. The Hall–Kier alpha value is -1.34. The second-order valence-corrected chi connectivity index (χ2v) is 5.19. The first-order valence-corrected chi connectivity index (χ1v) is 7.11. The minimum atomic E-state index is 0.558. The van der Waals surface area contributed by atoms with Crippen LogP contribution < -0.4 is 10.2 Å². The zero-order chi connectivity index (χ0) is 13.8. The number of ether oxygens (including phenoxy) is 1. The highest BCUT2D eigenvalue weighted by Gasteiger charge is 2.04. The van der Waals surface area contributed by atoms with E-state index in [1.54, 1.807) is 4.68 Å². The van der Waals surface area contributed by atoms with Gasteiger partial charge in [0.15, 0.2) is 0 Å². The highest BCUT2D eigenvalue weighted by molar-refractivity contribution is 9.10. The molecule has 0 amide bonds. The van der Waals surface area contributed by atoms with Gasteiger partial charge in [-0.1, -0.05) is 6.07 Å². The second-order valence-electron chi connectivity index (χ2n) is 3.94. The Balaban J connectivity index is 2.08. The highest BCUT2D eigenvalue weighted by Crippen LogP contribution is 2.26. The van der Waals surface area contributed by atoms with Gasteiger partial charge >= 0.3 is 0 Å². The van der Waals surface area contributed by atoms with E-state index in [9.17, 15) is 0 Å². The predicted octanol–water partition coefficient (Wildman–Crippen LogP) is 3.15. The molecule has 0 bridgehead atoms. The molecule has 102 valence electrons. The number of hydrogen-bond acceptors (Lipinski definition) is 4. The Morgan fingerprint density at radius 1 is 1.53 bits per heavy atom. The van der Waals surface area contributed by atoms with E-state index in [1.807, 2.05) is 32.0 Å². The van der Waals surface area contributed by atoms with E-state index in [-0.39, 0.29) is 0 Å². The van der Waals surface area contributed by atoms with E-state index >= 15 is 0 Å². The number of nitrogens with one attached hydrogen (secondary N) is 2. The molecule has 0 aliphatic rings. The number of aryl methyl sites for hydroxylation is 1. The number of H-pyrrole nitrogens is 1. The first kappa shape index (κ1) is 14.1. The Kier molecular flexibility index (Phi) is 4.60. The Morgan fingerprint density at radius 2 is 2.32 bits per heavy atom. The molecule has 5 nitrogen and oxygen atoms in total. The van der Waals surface area contributed by atoms with Gasteiger partial charge in [0.2, 0.25) is 4.77 Å². The molecule has 19 heavy (non-hydrogen) atoms. The van der Waals surface area contributed by atoms with Gasteiger partial charge in [-0.3, -0.25) is 5.10 Å². The van der Waals surface area contributed by atoms with Crippen LogP contribution in [-0.4, -0.2) is 21.5 Å². The second kappa shape index (κ2) is 6.21. The standard InChI is InChI=1S/C12H15BrN4OS/c1-3-18-11-5-4-9(6-10(11)13)7-14-17-8(2)15-16-12(17)19/h4-6,14H,3,7H2,1-2H3,(H,16,19). The minimum Gasteiger partial charge on any atom is -0.493 e. The number of benzene rings is 1. The smallest absolute Gasteiger partial charge is 0.214 e. The van der Waals surface area contributed by atoms with Crippen LogP contribution in [0.2, 0.25) is 0 Å². The summed E-state index contributed by atoms with van der Waals surface area (Å²) in [6.07, 6.45) is 0. The maximum atomic E-state index is 5.48. The van der Waals surface area contributed by atoms with Crippen LogP contribution in [0.3, 0.4) is 0 Å². The fourth-order valence-electron chi connectivity index (χ4n) is 1.66. The summed E-state index contributed by atoms with van der Waals surface area (Å²) in [6, 6.07) is 5.99. The predicted molar refractivity (Wildman–Crippen MR) is 80.5 cm³/mol. The molecule has 2 aromatic rings. The monoisotopic (exact) mass is 342 g/mol. The van der Waals surface area contributed by atoms with Gasteiger partial charge in [-0.2, -0.15) is 5.10 Å². The van der Waals surface area contributed by atoms with Crippen LogP contribution in [0, 0.1) is 11.7 Å². The molecule has 7 heteroatoms. The summed E-state index contributed by atoms with van der Waals surface area (Å²) in [5.74, 6) is 1.65. The van der Waals surface area contributed by atoms with Gasteiger partial charge in [-0.25, -0.2) is 4.68 Å². The lowest BCUT2D eigenvalue weighted by Gasteiger charge is -2.10. The lowest BCUT2D eigenvalue weighted by Crippen LogP contribution is -2.16. The zero-order valence-electron chi connectivity index (χ0n) is 10.7. The zero-order valence-corrected chi connectivity index (χ0v) is 13.1. The summed E-state index contributed by atoms with van der Waals surface area (Å²) in [5, 5.41) is 6.77. The average Bonchev–Trinajstić information content (AvgIpc) is 2.70. The molecular formula is C12H15BrN4OS. The summed E-state index contributed by atoms with van der Waals surface area (Å²) < 4.78 is 8.73. The van der Waals surface area contributed by atoms with Crippen LogP contribution in [0.15, 0.2) is 22.7 Å². The highest BCUT2D eigenvalue weighted by atomic mass is 79.9. The van der Waals surface area contributed by atoms with Crippen molar-refractivity contribution >= 4 is 28.1 Å². The van der Waals surface area contributed by atoms with Crippen LogP contribution in [0.5, 0.6) is 5.75 Å². The van der Waals surface area contributed by atoms with Crippen LogP contribution in [0.25, 0.3) is 0 Å². The van der Waals surface area contributed by atoms with E-state index in [0.717, 1.165) is 21.6 Å². The first-order valence-electron chi connectivity index (χ1n) is 5.91. The van der Waals surface area contributed by atoms with E-state index < -0.39 is 0 Å². The molecule has 0 saturated carbocycles. The molecule has 0 aliphatic carbocycles. The summed E-state index contributed by atoms with van der Waals surface area (Å²) in [5.41, 5.74) is 4.34. The molecule has 1 aromatic carbocycles. The largest absolute Gasteiger partial charge is 0.493 e. The summed E-state index contributed by atoms with van der Waals surface area (Å²) in [7, 11) is 0. The van der Waals surface area contributed by atoms with Crippen molar-refractivity contribution in [3.8, 4) is 5.75 Å². The van der Waals surface area contributed by atoms with E-state index in [1.165, 1.54) is 0 Å². The molecule has 0 atom stereocenters. The van der Waals surface area contributed by atoms with Crippen molar-refractivity contribution in [2.45, 2.75) is 20.4 Å². The topological polar surface area (TPSA) is 54.9 Å². The molecular weight excluding hydrogens is 328 g/mol. The number of rotatable bonds is 5. The van der Waals surface area contributed by atoms with Gasteiger partial charge in [0.1, 0.15) is 11.6 Å².